The third-order valence-electron chi connectivity index (χ3n) is 3.57. The minimum absolute atomic E-state index is 0.119. The fourth-order valence-corrected chi connectivity index (χ4v) is 2.14. The van der Waals surface area contributed by atoms with Gasteiger partial charge in [-0.15, -0.1) is 0 Å². The van der Waals surface area contributed by atoms with Gasteiger partial charge in [0.2, 0.25) is 0 Å². The van der Waals surface area contributed by atoms with Crippen molar-refractivity contribution in [3.63, 3.8) is 0 Å². The number of amides is 1. The molecular weight excluding hydrogens is 336 g/mol. The van der Waals surface area contributed by atoms with Crippen LogP contribution in [-0.4, -0.2) is 50.2 Å². The lowest BCUT2D eigenvalue weighted by molar-refractivity contribution is -0.157. The topological polar surface area (TPSA) is 93.7 Å². The second-order valence-corrected chi connectivity index (χ2v) is 6.86. The molecule has 0 bridgehead atoms. The number of carbonyl (C=O) groups is 3. The van der Waals surface area contributed by atoms with Gasteiger partial charge in [0, 0.05) is 18.5 Å². The van der Waals surface area contributed by atoms with Crippen molar-refractivity contribution in [2.24, 2.45) is 0 Å². The molecule has 0 fully saturated rings. The molecule has 0 aliphatic heterocycles. The number of methoxy groups -OCH3 is 1. The van der Waals surface area contributed by atoms with Crippen LogP contribution in [0.4, 0.5) is 0 Å². The number of ether oxygens (including phenoxy) is 2. The van der Waals surface area contributed by atoms with Crippen molar-refractivity contribution in [2.45, 2.75) is 45.3 Å². The van der Waals surface area contributed by atoms with E-state index in [1.54, 1.807) is 52.1 Å². The summed E-state index contributed by atoms with van der Waals surface area (Å²) in [7, 11) is 2.99. The Morgan fingerprint density at radius 3 is 2.23 bits per heavy atom. The Balaban J connectivity index is 2.56. The van der Waals surface area contributed by atoms with Gasteiger partial charge in [-0.1, -0.05) is 12.1 Å². The van der Waals surface area contributed by atoms with Gasteiger partial charge < -0.3 is 20.1 Å². The van der Waals surface area contributed by atoms with E-state index in [1.807, 2.05) is 0 Å². The average molecular weight is 364 g/mol. The van der Waals surface area contributed by atoms with Crippen LogP contribution in [0.1, 0.15) is 43.1 Å². The molecule has 7 heteroatoms. The summed E-state index contributed by atoms with van der Waals surface area (Å²) in [6, 6.07) is 6.33. The fraction of sp³-hybridized carbons (Fsp3) is 0.526. The molecule has 0 spiro atoms. The number of hydrogen-bond donors (Lipinski definition) is 2. The van der Waals surface area contributed by atoms with Crippen molar-refractivity contribution in [1.29, 1.82) is 0 Å². The SMILES string of the molecule is CNC(CNC(=O)c1ccc(CCC(=O)OC)cc1)C(=O)OC(C)(C)C. The summed E-state index contributed by atoms with van der Waals surface area (Å²) in [6.07, 6.45) is 0.844. The van der Waals surface area contributed by atoms with Gasteiger partial charge in [-0.05, 0) is 51.9 Å². The number of aryl methyl sites for hydroxylation is 1. The second-order valence-electron chi connectivity index (χ2n) is 6.86. The molecule has 1 unspecified atom stereocenters. The maximum Gasteiger partial charge on any atom is 0.325 e. The molecule has 0 radical (unpaired) electrons. The summed E-state index contributed by atoms with van der Waals surface area (Å²) < 4.78 is 9.91. The van der Waals surface area contributed by atoms with Crippen LogP contribution in [0.3, 0.4) is 0 Å². The number of carbonyl (C=O) groups excluding carboxylic acids is 3. The molecule has 7 nitrogen and oxygen atoms in total. The van der Waals surface area contributed by atoms with Crippen LogP contribution in [0.2, 0.25) is 0 Å². The monoisotopic (exact) mass is 364 g/mol. The first-order valence-corrected chi connectivity index (χ1v) is 8.50. The van der Waals surface area contributed by atoms with E-state index in [4.69, 9.17) is 4.74 Å². The molecule has 26 heavy (non-hydrogen) atoms. The fourth-order valence-electron chi connectivity index (χ4n) is 2.14. The minimum Gasteiger partial charge on any atom is -0.469 e. The maximum absolute atomic E-state index is 12.2. The van der Waals surface area contributed by atoms with Gasteiger partial charge in [0.25, 0.3) is 5.91 Å². The van der Waals surface area contributed by atoms with Crippen molar-refractivity contribution in [2.75, 3.05) is 20.7 Å². The predicted octanol–water partition coefficient (Wildman–Crippen LogP) is 1.45. The molecule has 0 aliphatic rings. The summed E-state index contributed by atoms with van der Waals surface area (Å²) in [5, 5.41) is 5.56. The third kappa shape index (κ3) is 7.65. The normalized spacial score (nSPS) is 12.2. The molecule has 1 aromatic rings. The molecule has 1 amide bonds. The Bertz CT molecular complexity index is 620. The van der Waals surface area contributed by atoms with Crippen LogP contribution in [0.25, 0.3) is 0 Å². The van der Waals surface area contributed by atoms with Crippen molar-refractivity contribution in [1.82, 2.24) is 10.6 Å². The molecule has 1 atom stereocenters. The van der Waals surface area contributed by atoms with Gasteiger partial charge in [-0.2, -0.15) is 0 Å². The zero-order chi connectivity index (χ0) is 19.7. The van der Waals surface area contributed by atoms with Gasteiger partial charge in [-0.25, -0.2) is 0 Å². The molecule has 0 saturated carbocycles. The van der Waals surface area contributed by atoms with Gasteiger partial charge in [0.05, 0.1) is 7.11 Å². The Labute approximate surface area is 154 Å². The Hall–Kier alpha value is -2.41. The van der Waals surface area contributed by atoms with E-state index in [0.717, 1.165) is 5.56 Å². The highest BCUT2D eigenvalue weighted by Gasteiger charge is 2.24. The van der Waals surface area contributed by atoms with E-state index in [9.17, 15) is 14.4 Å². The van der Waals surface area contributed by atoms with E-state index >= 15 is 0 Å². The standard InChI is InChI=1S/C19H28N2O5/c1-19(2,3)26-18(24)15(20-4)12-21-17(23)14-9-6-13(7-10-14)8-11-16(22)25-5/h6-7,9-10,15,20H,8,11-12H2,1-5H3,(H,21,23). The van der Waals surface area contributed by atoms with Crippen molar-refractivity contribution in [3.8, 4) is 0 Å². The third-order valence-corrected chi connectivity index (χ3v) is 3.57. The lowest BCUT2D eigenvalue weighted by Crippen LogP contribution is -2.47. The summed E-state index contributed by atoms with van der Waals surface area (Å²) in [4.78, 5) is 35.4. The Kier molecular flexibility index (Phi) is 8.25. The minimum atomic E-state index is -0.627. The summed E-state index contributed by atoms with van der Waals surface area (Å²) in [5.74, 6) is -0.973. The highest BCUT2D eigenvalue weighted by Crippen LogP contribution is 2.09. The highest BCUT2D eigenvalue weighted by molar-refractivity contribution is 5.94. The molecule has 1 aromatic carbocycles. The average Bonchev–Trinajstić information content (AvgIpc) is 2.58. The number of esters is 2. The number of benzene rings is 1. The smallest absolute Gasteiger partial charge is 0.325 e. The summed E-state index contributed by atoms with van der Waals surface area (Å²) in [5.41, 5.74) is 0.829. The quantitative estimate of drug-likeness (QED) is 0.678. The van der Waals surface area contributed by atoms with Crippen molar-refractivity contribution < 1.29 is 23.9 Å². The van der Waals surface area contributed by atoms with Gasteiger partial charge in [0.1, 0.15) is 11.6 Å². The lowest BCUT2D eigenvalue weighted by Gasteiger charge is -2.23. The van der Waals surface area contributed by atoms with E-state index < -0.39 is 17.6 Å². The van der Waals surface area contributed by atoms with Crippen LogP contribution in [0.15, 0.2) is 24.3 Å². The van der Waals surface area contributed by atoms with Crippen LogP contribution < -0.4 is 10.6 Å². The summed E-state index contributed by atoms with van der Waals surface area (Å²) >= 11 is 0. The van der Waals surface area contributed by atoms with Crippen LogP contribution >= 0.6 is 0 Å². The molecule has 0 aromatic heterocycles. The van der Waals surface area contributed by atoms with Crippen molar-refractivity contribution >= 4 is 17.8 Å². The number of rotatable bonds is 8. The first kappa shape index (κ1) is 21.6. The Morgan fingerprint density at radius 1 is 1.12 bits per heavy atom. The first-order valence-electron chi connectivity index (χ1n) is 8.50. The largest absolute Gasteiger partial charge is 0.469 e. The number of nitrogens with one attached hydrogen (secondary N) is 2. The van der Waals surface area contributed by atoms with Gasteiger partial charge >= 0.3 is 11.9 Å². The first-order chi connectivity index (χ1) is 12.2. The molecule has 144 valence electrons. The highest BCUT2D eigenvalue weighted by atomic mass is 16.6. The maximum atomic E-state index is 12.2. The van der Waals surface area contributed by atoms with E-state index in [0.29, 0.717) is 18.4 Å². The van der Waals surface area contributed by atoms with Crippen LogP contribution in [-0.2, 0) is 25.5 Å². The predicted molar refractivity (Wildman–Crippen MR) is 97.8 cm³/mol. The van der Waals surface area contributed by atoms with Gasteiger partial charge in [-0.3, -0.25) is 14.4 Å². The number of hydrogen-bond acceptors (Lipinski definition) is 6. The van der Waals surface area contributed by atoms with E-state index in [1.165, 1.54) is 7.11 Å². The number of likely N-dealkylation sites (N-methyl/N-ethyl adjacent to an activating group) is 1. The van der Waals surface area contributed by atoms with Crippen molar-refractivity contribution in [3.05, 3.63) is 35.4 Å². The van der Waals surface area contributed by atoms with E-state index in [2.05, 4.69) is 15.4 Å². The van der Waals surface area contributed by atoms with Gasteiger partial charge in [0.15, 0.2) is 0 Å². The zero-order valence-electron chi connectivity index (χ0n) is 16.0. The lowest BCUT2D eigenvalue weighted by atomic mass is 10.1. The molecule has 1 rings (SSSR count). The molecular formula is C19H28N2O5. The molecule has 0 saturated heterocycles. The van der Waals surface area contributed by atoms with Crippen LogP contribution in [0.5, 0.6) is 0 Å². The molecule has 2 N–H and O–H groups in total. The van der Waals surface area contributed by atoms with E-state index in [-0.39, 0.29) is 18.4 Å². The molecule has 0 aliphatic carbocycles. The Morgan fingerprint density at radius 2 is 1.73 bits per heavy atom. The van der Waals surface area contributed by atoms with Crippen LogP contribution in [0, 0.1) is 0 Å². The summed E-state index contributed by atoms with van der Waals surface area (Å²) in [6.45, 7) is 5.49. The molecule has 0 heterocycles. The zero-order valence-corrected chi connectivity index (χ0v) is 16.0. The second kappa shape index (κ2) is 9.91.